The minimum absolute atomic E-state index is 0.00666. The molecule has 7 nitrogen and oxygen atoms in total. The van der Waals surface area contributed by atoms with E-state index < -0.39 is 4.92 Å². The normalized spacial score (nSPS) is 11.8. The maximum Gasteiger partial charge on any atom is 0.322 e. The number of benzene rings is 1. The van der Waals surface area contributed by atoms with Gasteiger partial charge in [-0.15, -0.1) is 0 Å². The third-order valence-corrected chi connectivity index (χ3v) is 3.52. The fourth-order valence-electron chi connectivity index (χ4n) is 2.00. The van der Waals surface area contributed by atoms with Crippen molar-refractivity contribution in [1.82, 2.24) is 4.90 Å². The van der Waals surface area contributed by atoms with Crippen LogP contribution in [0, 0.1) is 17.0 Å². The van der Waals surface area contributed by atoms with E-state index in [1.807, 2.05) is 6.92 Å². The molecule has 2 amide bonds. The van der Waals surface area contributed by atoms with Crippen molar-refractivity contribution in [3.8, 4) is 0 Å². The molecule has 1 aromatic heterocycles. The number of aryl methyl sites for hydroxylation is 1. The number of carbonyl (C=O) groups excluding carboxylic acids is 1. The van der Waals surface area contributed by atoms with E-state index in [0.717, 1.165) is 0 Å². The van der Waals surface area contributed by atoms with Crippen LogP contribution in [0.15, 0.2) is 41.0 Å². The van der Waals surface area contributed by atoms with Gasteiger partial charge in [0.25, 0.3) is 5.69 Å². The summed E-state index contributed by atoms with van der Waals surface area (Å²) < 4.78 is 5.29. The summed E-state index contributed by atoms with van der Waals surface area (Å²) in [6.45, 7) is 3.56. The largest absolute Gasteiger partial charge is 0.467 e. The molecule has 7 heteroatoms. The van der Waals surface area contributed by atoms with Gasteiger partial charge in [0.05, 0.1) is 17.2 Å². The lowest BCUT2D eigenvalue weighted by atomic mass is 10.2. The third-order valence-electron chi connectivity index (χ3n) is 3.52. The minimum atomic E-state index is -0.469. The Kier molecular flexibility index (Phi) is 4.45. The van der Waals surface area contributed by atoms with Crippen LogP contribution in [0.3, 0.4) is 0 Å². The zero-order valence-electron chi connectivity index (χ0n) is 12.6. The van der Waals surface area contributed by atoms with Gasteiger partial charge in [-0.05, 0) is 37.6 Å². The number of hydrogen-bond donors (Lipinski definition) is 1. The predicted octanol–water partition coefficient (Wildman–Crippen LogP) is 3.72. The zero-order chi connectivity index (χ0) is 16.3. The number of urea groups is 1. The van der Waals surface area contributed by atoms with Crippen molar-refractivity contribution in [2.45, 2.75) is 19.9 Å². The van der Waals surface area contributed by atoms with Crippen molar-refractivity contribution < 1.29 is 14.1 Å². The Morgan fingerprint density at radius 2 is 2.14 bits per heavy atom. The van der Waals surface area contributed by atoms with Gasteiger partial charge in [-0.1, -0.05) is 0 Å². The van der Waals surface area contributed by atoms with E-state index in [9.17, 15) is 14.9 Å². The van der Waals surface area contributed by atoms with E-state index in [1.54, 1.807) is 32.4 Å². The quantitative estimate of drug-likeness (QED) is 0.688. The number of nitro groups is 1. The number of carbonyl (C=O) groups is 1. The number of non-ortho nitro benzene ring substituents is 1. The molecule has 0 aliphatic carbocycles. The SMILES string of the molecule is Cc1cc([N+](=O)[O-])ccc1NC(=O)N(C)[C@H](C)c1ccco1. The molecule has 116 valence electrons. The van der Waals surface area contributed by atoms with Gasteiger partial charge < -0.3 is 14.6 Å². The van der Waals surface area contributed by atoms with Crippen LogP contribution in [0.25, 0.3) is 0 Å². The molecule has 0 fully saturated rings. The molecule has 0 unspecified atom stereocenters. The van der Waals surface area contributed by atoms with Crippen molar-refractivity contribution in [1.29, 1.82) is 0 Å². The Labute approximate surface area is 127 Å². The molecule has 0 bridgehead atoms. The van der Waals surface area contributed by atoms with Gasteiger partial charge in [-0.25, -0.2) is 4.79 Å². The molecule has 22 heavy (non-hydrogen) atoms. The van der Waals surface area contributed by atoms with Crippen LogP contribution in [0.1, 0.15) is 24.3 Å². The molecule has 1 heterocycles. The summed E-state index contributed by atoms with van der Waals surface area (Å²) in [5, 5.41) is 13.5. The van der Waals surface area contributed by atoms with E-state index in [2.05, 4.69) is 5.32 Å². The molecule has 0 aliphatic heterocycles. The molecule has 1 N–H and O–H groups in total. The van der Waals surface area contributed by atoms with Gasteiger partial charge in [0, 0.05) is 24.9 Å². The average molecular weight is 303 g/mol. The number of furan rings is 1. The highest BCUT2D eigenvalue weighted by atomic mass is 16.6. The molecule has 0 saturated carbocycles. The molecule has 0 spiro atoms. The first-order valence-electron chi connectivity index (χ1n) is 6.72. The lowest BCUT2D eigenvalue weighted by molar-refractivity contribution is -0.384. The number of rotatable bonds is 4. The van der Waals surface area contributed by atoms with Crippen molar-refractivity contribution in [2.24, 2.45) is 0 Å². The number of anilines is 1. The van der Waals surface area contributed by atoms with E-state index >= 15 is 0 Å². The number of nitro benzene ring substituents is 1. The van der Waals surface area contributed by atoms with Crippen LogP contribution in [0.4, 0.5) is 16.2 Å². The van der Waals surface area contributed by atoms with E-state index in [-0.39, 0.29) is 17.8 Å². The number of nitrogens with zero attached hydrogens (tertiary/aromatic N) is 2. The molecule has 1 atom stereocenters. The number of nitrogens with one attached hydrogen (secondary N) is 1. The second-order valence-corrected chi connectivity index (χ2v) is 4.99. The predicted molar refractivity (Wildman–Crippen MR) is 81.7 cm³/mol. The highest BCUT2D eigenvalue weighted by molar-refractivity contribution is 5.90. The Morgan fingerprint density at radius 1 is 1.41 bits per heavy atom. The Bertz CT molecular complexity index is 682. The summed E-state index contributed by atoms with van der Waals surface area (Å²) in [6, 6.07) is 7.32. The van der Waals surface area contributed by atoms with Gasteiger partial charge in [0.1, 0.15) is 5.76 Å². The third kappa shape index (κ3) is 3.25. The molecule has 2 aromatic rings. The highest BCUT2D eigenvalue weighted by Gasteiger charge is 2.20. The zero-order valence-corrected chi connectivity index (χ0v) is 12.6. The van der Waals surface area contributed by atoms with Crippen LogP contribution >= 0.6 is 0 Å². The van der Waals surface area contributed by atoms with Gasteiger partial charge in [-0.3, -0.25) is 10.1 Å². The monoisotopic (exact) mass is 303 g/mol. The standard InChI is InChI=1S/C15H17N3O4/c1-10-9-12(18(20)21)6-7-13(10)16-15(19)17(3)11(2)14-5-4-8-22-14/h4-9,11H,1-3H3,(H,16,19)/t11-/m1/s1. The topological polar surface area (TPSA) is 88.6 Å². The van der Waals surface area contributed by atoms with Crippen LogP contribution in [-0.4, -0.2) is 22.9 Å². The van der Waals surface area contributed by atoms with Crippen molar-refractivity contribution >= 4 is 17.4 Å². The van der Waals surface area contributed by atoms with Gasteiger partial charge in [-0.2, -0.15) is 0 Å². The summed E-state index contributed by atoms with van der Waals surface area (Å²) in [7, 11) is 1.66. The van der Waals surface area contributed by atoms with Gasteiger partial charge in [0.2, 0.25) is 0 Å². The summed E-state index contributed by atoms with van der Waals surface area (Å²) in [5.41, 5.74) is 1.16. The van der Waals surface area contributed by atoms with Crippen molar-refractivity contribution in [3.63, 3.8) is 0 Å². The maximum atomic E-state index is 12.3. The minimum Gasteiger partial charge on any atom is -0.467 e. The van der Waals surface area contributed by atoms with E-state index in [0.29, 0.717) is 17.0 Å². The first kappa shape index (κ1) is 15.6. The second-order valence-electron chi connectivity index (χ2n) is 4.99. The van der Waals surface area contributed by atoms with Crippen molar-refractivity contribution in [2.75, 3.05) is 12.4 Å². The van der Waals surface area contributed by atoms with Crippen LogP contribution in [-0.2, 0) is 0 Å². The molecule has 0 aliphatic rings. The van der Waals surface area contributed by atoms with Crippen LogP contribution in [0.2, 0.25) is 0 Å². The Balaban J connectivity index is 2.10. The van der Waals surface area contributed by atoms with Gasteiger partial charge >= 0.3 is 6.03 Å². The smallest absolute Gasteiger partial charge is 0.322 e. The summed E-state index contributed by atoms with van der Waals surface area (Å²) >= 11 is 0. The Hall–Kier alpha value is -2.83. The summed E-state index contributed by atoms with van der Waals surface area (Å²) in [4.78, 5) is 24.0. The van der Waals surface area contributed by atoms with Crippen LogP contribution < -0.4 is 5.32 Å². The van der Waals surface area contributed by atoms with Crippen LogP contribution in [0.5, 0.6) is 0 Å². The van der Waals surface area contributed by atoms with Crippen molar-refractivity contribution in [3.05, 3.63) is 58.0 Å². The molecule has 1 aromatic carbocycles. The lowest BCUT2D eigenvalue weighted by Gasteiger charge is -2.24. The average Bonchev–Trinajstić information content (AvgIpc) is 3.01. The molecule has 2 rings (SSSR count). The summed E-state index contributed by atoms with van der Waals surface area (Å²) in [5.74, 6) is 0.679. The summed E-state index contributed by atoms with van der Waals surface area (Å²) in [6.07, 6.45) is 1.55. The van der Waals surface area contributed by atoms with Gasteiger partial charge in [0.15, 0.2) is 0 Å². The molecule has 0 radical (unpaired) electrons. The number of hydrogen-bond acceptors (Lipinski definition) is 4. The number of amides is 2. The molecular weight excluding hydrogens is 286 g/mol. The maximum absolute atomic E-state index is 12.3. The van der Waals surface area contributed by atoms with E-state index in [4.69, 9.17) is 4.42 Å². The molecular formula is C15H17N3O4. The van der Waals surface area contributed by atoms with E-state index in [1.165, 1.54) is 23.1 Å². The first-order chi connectivity index (χ1) is 10.4. The Morgan fingerprint density at radius 3 is 2.68 bits per heavy atom. The molecule has 0 saturated heterocycles. The fourth-order valence-corrected chi connectivity index (χ4v) is 2.00. The lowest BCUT2D eigenvalue weighted by Crippen LogP contribution is -2.33. The second kappa shape index (κ2) is 6.30. The highest BCUT2D eigenvalue weighted by Crippen LogP contribution is 2.23. The fraction of sp³-hybridized carbons (Fsp3) is 0.267. The first-order valence-corrected chi connectivity index (χ1v) is 6.72.